The molecule has 0 aliphatic rings. The van der Waals surface area contributed by atoms with Crippen LogP contribution >= 0.6 is 11.3 Å². The van der Waals surface area contributed by atoms with Gasteiger partial charge in [0.15, 0.2) is 22.1 Å². The van der Waals surface area contributed by atoms with Crippen molar-refractivity contribution in [3.05, 3.63) is 64.6 Å². The number of ether oxygens (including phenoxy) is 3. The summed E-state index contributed by atoms with van der Waals surface area (Å²) in [4.78, 5) is 14.6. The van der Waals surface area contributed by atoms with E-state index in [0.717, 1.165) is 47.2 Å². The van der Waals surface area contributed by atoms with Crippen LogP contribution < -0.4 is 24.7 Å². The van der Waals surface area contributed by atoms with Gasteiger partial charge in [0.1, 0.15) is 11.4 Å². The fraction of sp³-hybridized carbons (Fsp3) is 0.444. The van der Waals surface area contributed by atoms with Crippen LogP contribution in [0.4, 0.5) is 17.2 Å². The number of unbranched alkanes of at least 4 members (excludes halogenated alkanes) is 1. The molecule has 2 aromatic carbocycles. The predicted molar refractivity (Wildman–Crippen MR) is 195 cm³/mol. The standard InChI is InChI=1S/C36H47N9O3S/c1-9-12-18-38-35-44(22-23-16-14-13-15-17-23)26-20-27(48-24(10-2)11-3)25(19-28(26)49-35)41-42-31-32(36(4,5)6)43-45(33(31)37)29-21-30(46-7)40-34(39-29)47-8/h13-17,19-21,24H,9-12,18,22,37H2,1-8H3. The lowest BCUT2D eigenvalue weighted by molar-refractivity contribution is 0.194. The van der Waals surface area contributed by atoms with Crippen LogP contribution in [0.2, 0.25) is 0 Å². The van der Waals surface area contributed by atoms with E-state index in [4.69, 9.17) is 40.3 Å². The molecule has 0 spiro atoms. The number of anilines is 1. The molecule has 0 radical (unpaired) electrons. The van der Waals surface area contributed by atoms with Gasteiger partial charge in [-0.3, -0.25) is 4.99 Å². The van der Waals surface area contributed by atoms with Crippen LogP contribution in [0.25, 0.3) is 16.0 Å². The highest BCUT2D eigenvalue weighted by Crippen LogP contribution is 2.41. The Morgan fingerprint density at radius 3 is 2.37 bits per heavy atom. The first-order chi connectivity index (χ1) is 23.6. The summed E-state index contributed by atoms with van der Waals surface area (Å²) in [6.45, 7) is 14.0. The number of aromatic nitrogens is 5. The van der Waals surface area contributed by atoms with E-state index in [1.165, 1.54) is 24.5 Å². The Morgan fingerprint density at radius 1 is 0.959 bits per heavy atom. The van der Waals surface area contributed by atoms with Crippen molar-refractivity contribution in [2.45, 2.75) is 85.3 Å². The Kier molecular flexibility index (Phi) is 11.3. The smallest absolute Gasteiger partial charge is 0.321 e. The molecule has 0 aliphatic heterocycles. The van der Waals surface area contributed by atoms with E-state index in [0.29, 0.717) is 41.1 Å². The summed E-state index contributed by atoms with van der Waals surface area (Å²) in [5.74, 6) is 1.62. The Labute approximate surface area is 291 Å². The van der Waals surface area contributed by atoms with Crippen LogP contribution in [0.3, 0.4) is 0 Å². The van der Waals surface area contributed by atoms with E-state index >= 15 is 0 Å². The number of azo groups is 1. The first-order valence-electron chi connectivity index (χ1n) is 16.8. The van der Waals surface area contributed by atoms with E-state index in [1.54, 1.807) is 17.4 Å². The van der Waals surface area contributed by atoms with Crippen molar-refractivity contribution in [3.63, 3.8) is 0 Å². The molecule has 0 saturated carbocycles. The van der Waals surface area contributed by atoms with Gasteiger partial charge in [0.2, 0.25) is 5.88 Å². The van der Waals surface area contributed by atoms with Crippen molar-refractivity contribution in [2.24, 2.45) is 15.2 Å². The molecule has 0 amide bonds. The van der Waals surface area contributed by atoms with Crippen LogP contribution in [0.5, 0.6) is 17.6 Å². The molecule has 13 heteroatoms. The normalized spacial score (nSPS) is 12.5. The Hall–Kier alpha value is -4.78. The summed E-state index contributed by atoms with van der Waals surface area (Å²) in [5.41, 5.74) is 10.3. The molecule has 5 aromatic rings. The van der Waals surface area contributed by atoms with Crippen molar-refractivity contribution in [1.82, 2.24) is 24.3 Å². The number of nitrogens with zero attached hydrogens (tertiary/aromatic N) is 8. The highest BCUT2D eigenvalue weighted by atomic mass is 32.1. The summed E-state index contributed by atoms with van der Waals surface area (Å²) in [6, 6.07) is 16.3. The van der Waals surface area contributed by atoms with Crippen LogP contribution in [0.1, 0.15) is 78.5 Å². The largest absolute Gasteiger partial charge is 0.488 e. The second-order valence-electron chi connectivity index (χ2n) is 12.7. The van der Waals surface area contributed by atoms with E-state index in [-0.39, 0.29) is 17.9 Å². The summed E-state index contributed by atoms with van der Waals surface area (Å²) >= 11 is 1.65. The highest BCUT2D eigenvalue weighted by Gasteiger charge is 2.28. The molecule has 0 aliphatic carbocycles. The van der Waals surface area contributed by atoms with Gasteiger partial charge in [0, 0.05) is 24.1 Å². The molecule has 0 fully saturated rings. The molecule has 12 nitrogen and oxygen atoms in total. The maximum absolute atomic E-state index is 6.75. The molecule has 5 rings (SSSR count). The molecule has 3 heterocycles. The minimum Gasteiger partial charge on any atom is -0.488 e. The number of nitrogen functional groups attached to an aromatic ring is 1. The van der Waals surface area contributed by atoms with E-state index < -0.39 is 5.41 Å². The van der Waals surface area contributed by atoms with Crippen molar-refractivity contribution in [2.75, 3.05) is 26.5 Å². The monoisotopic (exact) mass is 685 g/mol. The summed E-state index contributed by atoms with van der Waals surface area (Å²) in [6.07, 6.45) is 3.84. The van der Waals surface area contributed by atoms with Gasteiger partial charge in [-0.2, -0.15) is 19.7 Å². The van der Waals surface area contributed by atoms with Crippen molar-refractivity contribution in [3.8, 4) is 23.5 Å². The topological polar surface area (TPSA) is 139 Å². The van der Waals surface area contributed by atoms with Crippen molar-refractivity contribution < 1.29 is 14.2 Å². The number of hydrogen-bond acceptors (Lipinski definition) is 11. The van der Waals surface area contributed by atoms with E-state index in [1.807, 2.05) is 32.9 Å². The van der Waals surface area contributed by atoms with Crippen LogP contribution in [-0.2, 0) is 12.0 Å². The lowest BCUT2D eigenvalue weighted by Crippen LogP contribution is -2.17. The van der Waals surface area contributed by atoms with Gasteiger partial charge in [-0.1, -0.05) is 89.6 Å². The number of hydrogen-bond donors (Lipinski definition) is 1. The zero-order chi connectivity index (χ0) is 35.1. The molecule has 0 bridgehead atoms. The first-order valence-corrected chi connectivity index (χ1v) is 17.6. The van der Waals surface area contributed by atoms with Gasteiger partial charge in [0.05, 0.1) is 42.8 Å². The second-order valence-corrected chi connectivity index (χ2v) is 13.7. The molecular weight excluding hydrogens is 639 g/mol. The van der Waals surface area contributed by atoms with Gasteiger partial charge >= 0.3 is 6.01 Å². The third-order valence-corrected chi connectivity index (χ3v) is 9.13. The summed E-state index contributed by atoms with van der Waals surface area (Å²) < 4.78 is 22.1. The number of nitrogens with two attached hydrogens (primary N) is 1. The summed E-state index contributed by atoms with van der Waals surface area (Å²) in [5, 5.41) is 14.4. The van der Waals surface area contributed by atoms with Gasteiger partial charge in [-0.15, -0.1) is 10.2 Å². The third-order valence-electron chi connectivity index (χ3n) is 8.05. The van der Waals surface area contributed by atoms with Crippen molar-refractivity contribution >= 4 is 38.7 Å². The number of methoxy groups -OCH3 is 2. The van der Waals surface area contributed by atoms with Crippen LogP contribution in [0, 0.1) is 0 Å². The molecule has 0 atom stereocenters. The van der Waals surface area contributed by atoms with Crippen LogP contribution in [0.15, 0.2) is 63.8 Å². The molecule has 49 heavy (non-hydrogen) atoms. The fourth-order valence-electron chi connectivity index (χ4n) is 5.27. The average molecular weight is 686 g/mol. The number of benzene rings is 2. The zero-order valence-corrected chi connectivity index (χ0v) is 30.5. The third kappa shape index (κ3) is 8.10. The van der Waals surface area contributed by atoms with Gasteiger partial charge in [-0.05, 0) is 30.9 Å². The van der Waals surface area contributed by atoms with Crippen LogP contribution in [-0.4, -0.2) is 51.2 Å². The minimum atomic E-state index is -0.417. The lowest BCUT2D eigenvalue weighted by Gasteiger charge is -2.17. The second kappa shape index (κ2) is 15.6. The minimum absolute atomic E-state index is 0.0157. The van der Waals surface area contributed by atoms with Crippen molar-refractivity contribution in [1.29, 1.82) is 0 Å². The SMILES string of the molecule is CCCCN=c1sc2cc(N=Nc3c(C(C)(C)C)nn(-c4cc(OC)nc(OC)n4)c3N)c(OC(CC)CC)cc2n1Cc1ccccc1. The number of thiazole rings is 1. The molecule has 0 unspecified atom stereocenters. The predicted octanol–water partition coefficient (Wildman–Crippen LogP) is 8.31. The lowest BCUT2D eigenvalue weighted by atomic mass is 9.91. The average Bonchev–Trinajstić information content (AvgIpc) is 3.62. The molecule has 0 saturated heterocycles. The molecule has 3 aromatic heterocycles. The maximum atomic E-state index is 6.75. The molecule has 260 valence electrons. The zero-order valence-electron chi connectivity index (χ0n) is 29.7. The van der Waals surface area contributed by atoms with E-state index in [2.05, 4.69) is 65.6 Å². The van der Waals surface area contributed by atoms with Gasteiger partial charge < -0.3 is 24.5 Å². The molecular formula is C36H47N9O3S. The quantitative estimate of drug-likeness (QED) is 0.0916. The molecule has 2 N–H and O–H groups in total. The van der Waals surface area contributed by atoms with Gasteiger partial charge in [0.25, 0.3) is 0 Å². The fourth-order valence-corrected chi connectivity index (χ4v) is 6.34. The Balaban J connectivity index is 1.67. The van der Waals surface area contributed by atoms with Gasteiger partial charge in [-0.25, -0.2) is 0 Å². The Bertz CT molecular complexity index is 1950. The number of fused-ring (bicyclic) bond motifs is 1. The maximum Gasteiger partial charge on any atom is 0.321 e. The first kappa shape index (κ1) is 35.5. The number of rotatable bonds is 14. The Morgan fingerprint density at radius 2 is 1.71 bits per heavy atom. The highest BCUT2D eigenvalue weighted by molar-refractivity contribution is 7.16. The van der Waals surface area contributed by atoms with E-state index in [9.17, 15) is 0 Å². The summed E-state index contributed by atoms with van der Waals surface area (Å²) in [7, 11) is 3.01.